The van der Waals surface area contributed by atoms with Gasteiger partial charge in [0.05, 0.1) is 15.9 Å². The molecule has 1 heterocycles. The summed E-state index contributed by atoms with van der Waals surface area (Å²) >= 11 is 3.01. The molecule has 0 aromatic heterocycles. The summed E-state index contributed by atoms with van der Waals surface area (Å²) in [6.07, 6.45) is 1.27. The highest BCUT2D eigenvalue weighted by atomic mass is 79.9. The highest BCUT2D eigenvalue weighted by Gasteiger charge is 2.33. The predicted molar refractivity (Wildman–Crippen MR) is 95.9 cm³/mol. The number of aromatic hydroxyl groups is 1. The minimum Gasteiger partial charge on any atom is -0.501 e. The van der Waals surface area contributed by atoms with Crippen LogP contribution in [0.25, 0.3) is 6.08 Å². The molecular weight excluding hydrogens is 425 g/mol. The lowest BCUT2D eigenvalue weighted by Crippen LogP contribution is -2.30. The first-order valence-electron chi connectivity index (χ1n) is 7.52. The number of phenolic OH excluding ortho intramolecular Hbond substituents is 1. The number of nitrogens with zero attached hydrogens (tertiary/aromatic N) is 2. The standard InChI is InChI=1S/C17H11BrFN3O5/c18-12-5-10(7-14(15(12)23)22(26)27)6-13-16(24)21(17(25)20-13)8-9-1-3-11(19)4-2-9/h1-7,23H,8H2,(H,20,25)/b13-6+. The third kappa shape index (κ3) is 3.80. The molecule has 3 amide bonds. The summed E-state index contributed by atoms with van der Waals surface area (Å²) in [5, 5.41) is 23.1. The molecule has 1 aliphatic rings. The Kier molecular flexibility index (Phi) is 4.91. The van der Waals surface area contributed by atoms with Gasteiger partial charge in [0.2, 0.25) is 5.75 Å². The maximum atomic E-state index is 13.0. The lowest BCUT2D eigenvalue weighted by molar-refractivity contribution is -0.386. The predicted octanol–water partition coefficient (Wildman–Crippen LogP) is 3.29. The van der Waals surface area contributed by atoms with Gasteiger partial charge in [0.15, 0.2) is 0 Å². The molecule has 3 rings (SSSR count). The fraction of sp³-hybridized carbons (Fsp3) is 0.0588. The van der Waals surface area contributed by atoms with Crippen molar-refractivity contribution < 1.29 is 24.0 Å². The van der Waals surface area contributed by atoms with Gasteiger partial charge in [-0.1, -0.05) is 12.1 Å². The molecule has 0 atom stereocenters. The van der Waals surface area contributed by atoms with E-state index in [9.17, 15) is 29.2 Å². The Balaban J connectivity index is 1.88. The van der Waals surface area contributed by atoms with E-state index in [1.54, 1.807) is 0 Å². The van der Waals surface area contributed by atoms with Crippen LogP contribution in [0, 0.1) is 15.9 Å². The van der Waals surface area contributed by atoms with Crippen molar-refractivity contribution in [3.8, 4) is 5.75 Å². The number of hydrogen-bond donors (Lipinski definition) is 2. The maximum Gasteiger partial charge on any atom is 0.329 e. The molecule has 0 bridgehead atoms. The summed E-state index contributed by atoms with van der Waals surface area (Å²) in [4.78, 5) is 35.7. The van der Waals surface area contributed by atoms with Crippen LogP contribution in [0.5, 0.6) is 5.75 Å². The van der Waals surface area contributed by atoms with E-state index < -0.39 is 34.1 Å². The van der Waals surface area contributed by atoms with Crippen LogP contribution in [0.15, 0.2) is 46.6 Å². The number of imide groups is 1. The summed E-state index contributed by atoms with van der Waals surface area (Å²) in [7, 11) is 0. The molecule has 0 spiro atoms. The van der Waals surface area contributed by atoms with Crippen molar-refractivity contribution in [2.75, 3.05) is 0 Å². The van der Waals surface area contributed by atoms with Gasteiger partial charge in [-0.2, -0.15) is 0 Å². The summed E-state index contributed by atoms with van der Waals surface area (Å²) in [6, 6.07) is 7.14. The average Bonchev–Trinajstić information content (AvgIpc) is 2.87. The summed E-state index contributed by atoms with van der Waals surface area (Å²) in [5.41, 5.74) is 0.174. The van der Waals surface area contributed by atoms with Gasteiger partial charge >= 0.3 is 11.7 Å². The van der Waals surface area contributed by atoms with Crippen molar-refractivity contribution in [2.24, 2.45) is 0 Å². The number of nitro benzene ring substituents is 1. The molecule has 1 saturated heterocycles. The molecule has 10 heteroatoms. The van der Waals surface area contributed by atoms with Crippen LogP contribution in [0.2, 0.25) is 0 Å². The maximum absolute atomic E-state index is 13.0. The number of hydrogen-bond acceptors (Lipinski definition) is 5. The Labute approximate surface area is 160 Å². The van der Waals surface area contributed by atoms with E-state index in [1.165, 1.54) is 36.4 Å². The fourth-order valence-corrected chi connectivity index (χ4v) is 2.95. The molecular formula is C17H11BrFN3O5. The number of carbonyl (C=O) groups is 2. The first kappa shape index (κ1) is 18.5. The lowest BCUT2D eigenvalue weighted by Gasteiger charge is -2.11. The zero-order valence-corrected chi connectivity index (χ0v) is 15.1. The molecule has 1 aliphatic heterocycles. The van der Waals surface area contributed by atoms with Crippen molar-refractivity contribution in [1.82, 2.24) is 10.2 Å². The van der Waals surface area contributed by atoms with Crippen molar-refractivity contribution in [2.45, 2.75) is 6.54 Å². The van der Waals surface area contributed by atoms with Gasteiger partial charge in [0.25, 0.3) is 5.91 Å². The molecule has 0 aliphatic carbocycles. The Morgan fingerprint density at radius 2 is 1.93 bits per heavy atom. The SMILES string of the molecule is O=C1N/C(=C/c2cc(Br)c(O)c([N+](=O)[O-])c2)C(=O)N1Cc1ccc(F)cc1. The Morgan fingerprint density at radius 1 is 1.26 bits per heavy atom. The quantitative estimate of drug-likeness (QED) is 0.331. The van der Waals surface area contributed by atoms with Gasteiger partial charge < -0.3 is 10.4 Å². The number of urea groups is 1. The van der Waals surface area contributed by atoms with Gasteiger partial charge in [-0.15, -0.1) is 0 Å². The normalized spacial score (nSPS) is 15.3. The Morgan fingerprint density at radius 3 is 2.56 bits per heavy atom. The van der Waals surface area contributed by atoms with Crippen molar-refractivity contribution in [3.63, 3.8) is 0 Å². The number of phenols is 1. The summed E-state index contributed by atoms with van der Waals surface area (Å²) in [6.45, 7) is -0.0539. The smallest absolute Gasteiger partial charge is 0.329 e. The van der Waals surface area contributed by atoms with Crippen molar-refractivity contribution in [3.05, 3.63) is 73.6 Å². The van der Waals surface area contributed by atoms with Gasteiger partial charge in [-0.25, -0.2) is 9.18 Å². The number of nitrogens with one attached hydrogen (secondary N) is 1. The molecule has 0 radical (unpaired) electrons. The second-order valence-electron chi connectivity index (χ2n) is 5.63. The molecule has 8 nitrogen and oxygen atoms in total. The third-order valence-electron chi connectivity index (χ3n) is 3.79. The summed E-state index contributed by atoms with van der Waals surface area (Å²) in [5.74, 6) is -1.60. The van der Waals surface area contributed by atoms with Gasteiger partial charge in [-0.05, 0) is 51.3 Å². The largest absolute Gasteiger partial charge is 0.501 e. The van der Waals surface area contributed by atoms with E-state index in [1.807, 2.05) is 0 Å². The van der Waals surface area contributed by atoms with E-state index in [2.05, 4.69) is 21.2 Å². The first-order valence-corrected chi connectivity index (χ1v) is 8.31. The van der Waals surface area contributed by atoms with Crippen molar-refractivity contribution in [1.29, 1.82) is 0 Å². The highest BCUT2D eigenvalue weighted by Crippen LogP contribution is 2.35. The Bertz CT molecular complexity index is 991. The molecule has 0 unspecified atom stereocenters. The van der Waals surface area contributed by atoms with Crippen LogP contribution in [0.1, 0.15) is 11.1 Å². The van der Waals surface area contributed by atoms with E-state index in [-0.39, 0.29) is 22.3 Å². The molecule has 1 fully saturated rings. The second-order valence-corrected chi connectivity index (χ2v) is 6.49. The molecule has 2 aromatic rings. The number of carbonyl (C=O) groups excluding carboxylic acids is 2. The average molecular weight is 436 g/mol. The van der Waals surface area contributed by atoms with Crippen LogP contribution >= 0.6 is 15.9 Å². The van der Waals surface area contributed by atoms with Crippen LogP contribution in [-0.2, 0) is 11.3 Å². The minimum atomic E-state index is -0.766. The highest BCUT2D eigenvalue weighted by molar-refractivity contribution is 9.10. The first-order chi connectivity index (χ1) is 12.8. The molecule has 27 heavy (non-hydrogen) atoms. The molecule has 0 saturated carbocycles. The molecule has 2 N–H and O–H groups in total. The number of benzene rings is 2. The van der Waals surface area contributed by atoms with E-state index >= 15 is 0 Å². The second kappa shape index (κ2) is 7.16. The summed E-state index contributed by atoms with van der Waals surface area (Å²) < 4.78 is 13.0. The zero-order chi connectivity index (χ0) is 19.7. The number of amides is 3. The fourth-order valence-electron chi connectivity index (χ4n) is 2.48. The monoisotopic (exact) mass is 435 g/mol. The van der Waals surface area contributed by atoms with E-state index in [4.69, 9.17) is 0 Å². The zero-order valence-electron chi connectivity index (χ0n) is 13.5. The van der Waals surface area contributed by atoms with E-state index in [0.717, 1.165) is 11.0 Å². The van der Waals surface area contributed by atoms with Crippen LogP contribution in [0.4, 0.5) is 14.9 Å². The van der Waals surface area contributed by atoms with Crippen molar-refractivity contribution >= 4 is 39.6 Å². The third-order valence-corrected chi connectivity index (χ3v) is 4.39. The molecule has 2 aromatic carbocycles. The Hall–Kier alpha value is -3.27. The number of halogens is 2. The topological polar surface area (TPSA) is 113 Å². The minimum absolute atomic E-state index is 0.0539. The lowest BCUT2D eigenvalue weighted by atomic mass is 10.1. The van der Waals surface area contributed by atoms with Gasteiger partial charge in [-0.3, -0.25) is 19.8 Å². The van der Waals surface area contributed by atoms with Crippen LogP contribution < -0.4 is 5.32 Å². The van der Waals surface area contributed by atoms with Crippen LogP contribution in [-0.4, -0.2) is 26.9 Å². The number of nitro groups is 1. The molecule has 138 valence electrons. The van der Waals surface area contributed by atoms with Gasteiger partial charge in [0, 0.05) is 6.07 Å². The van der Waals surface area contributed by atoms with Gasteiger partial charge in [0.1, 0.15) is 11.5 Å². The van der Waals surface area contributed by atoms with E-state index in [0.29, 0.717) is 5.56 Å². The van der Waals surface area contributed by atoms with Crippen LogP contribution in [0.3, 0.4) is 0 Å². The number of rotatable bonds is 4.